The summed E-state index contributed by atoms with van der Waals surface area (Å²) in [5.41, 5.74) is 2.55. The Kier molecular flexibility index (Phi) is 1.14. The lowest BCUT2D eigenvalue weighted by Crippen LogP contribution is -2.19. The summed E-state index contributed by atoms with van der Waals surface area (Å²) < 4.78 is 12.9. The molecule has 1 saturated heterocycles. The van der Waals surface area contributed by atoms with E-state index in [9.17, 15) is 4.39 Å². The Morgan fingerprint density at radius 1 is 1.33 bits per heavy atom. The van der Waals surface area contributed by atoms with Crippen molar-refractivity contribution in [2.24, 2.45) is 0 Å². The number of benzene rings is 1. The minimum absolute atomic E-state index is 0.108. The fourth-order valence-electron chi connectivity index (χ4n) is 2.43. The van der Waals surface area contributed by atoms with Crippen LogP contribution in [0.25, 0.3) is 0 Å². The molecule has 0 saturated carbocycles. The number of halogens is 1. The zero-order chi connectivity index (χ0) is 8.13. The highest BCUT2D eigenvalue weighted by atomic mass is 19.1. The Morgan fingerprint density at radius 3 is 3.17 bits per heavy atom. The van der Waals surface area contributed by atoms with E-state index in [0.717, 1.165) is 6.54 Å². The number of nitrogens with one attached hydrogen (secondary N) is 1. The van der Waals surface area contributed by atoms with Crippen LogP contribution in [0.2, 0.25) is 0 Å². The number of hydrogen-bond donors (Lipinski definition) is 1. The molecule has 1 aliphatic heterocycles. The van der Waals surface area contributed by atoms with Crippen molar-refractivity contribution in [1.82, 2.24) is 5.32 Å². The van der Waals surface area contributed by atoms with Gasteiger partial charge in [-0.1, -0.05) is 6.07 Å². The summed E-state index contributed by atoms with van der Waals surface area (Å²) in [5, 5.41) is 3.37. The van der Waals surface area contributed by atoms with E-state index in [4.69, 9.17) is 0 Å². The molecule has 0 aromatic heterocycles. The fourth-order valence-corrected chi connectivity index (χ4v) is 2.43. The van der Waals surface area contributed by atoms with Crippen molar-refractivity contribution in [2.75, 3.05) is 6.54 Å². The maximum Gasteiger partial charge on any atom is 0.123 e. The summed E-state index contributed by atoms with van der Waals surface area (Å²) >= 11 is 0. The molecule has 12 heavy (non-hydrogen) atoms. The minimum atomic E-state index is -0.108. The maximum absolute atomic E-state index is 12.9. The molecule has 1 aromatic rings. The van der Waals surface area contributed by atoms with Gasteiger partial charge < -0.3 is 5.32 Å². The van der Waals surface area contributed by atoms with Gasteiger partial charge in [0.1, 0.15) is 5.82 Å². The van der Waals surface area contributed by atoms with Crippen LogP contribution in [0, 0.1) is 5.82 Å². The standard InChI is InChI=1S/C10H10FN/c11-7-1-2-8-6-3-10(12-5-6)9(8)4-7/h1-2,4,6,10,12H,3,5H2. The number of hydrogen-bond acceptors (Lipinski definition) is 1. The molecule has 1 N–H and O–H groups in total. The van der Waals surface area contributed by atoms with E-state index < -0.39 is 0 Å². The summed E-state index contributed by atoms with van der Waals surface area (Å²) in [6.07, 6.45) is 1.17. The van der Waals surface area contributed by atoms with E-state index in [2.05, 4.69) is 5.32 Å². The van der Waals surface area contributed by atoms with Crippen LogP contribution in [0.5, 0.6) is 0 Å². The van der Waals surface area contributed by atoms with Crippen LogP contribution in [0.1, 0.15) is 29.5 Å². The molecule has 2 aliphatic rings. The summed E-state index contributed by atoms with van der Waals surface area (Å²) in [6.45, 7) is 1.07. The van der Waals surface area contributed by atoms with Crippen molar-refractivity contribution in [3.8, 4) is 0 Å². The van der Waals surface area contributed by atoms with Crippen molar-refractivity contribution >= 4 is 0 Å². The lowest BCUT2D eigenvalue weighted by atomic mass is 10.0. The Hall–Kier alpha value is -0.890. The third-order valence-electron chi connectivity index (χ3n) is 2.99. The van der Waals surface area contributed by atoms with Crippen LogP contribution in [0.4, 0.5) is 4.39 Å². The van der Waals surface area contributed by atoms with Crippen LogP contribution < -0.4 is 5.32 Å². The molecular formula is C10H10FN. The highest BCUT2D eigenvalue weighted by molar-refractivity contribution is 5.41. The molecule has 0 spiro atoms. The molecule has 2 heteroatoms. The summed E-state index contributed by atoms with van der Waals surface area (Å²) in [7, 11) is 0. The predicted octanol–water partition coefficient (Wildman–Crippen LogP) is 1.96. The summed E-state index contributed by atoms with van der Waals surface area (Å²) in [4.78, 5) is 0. The molecule has 1 aliphatic carbocycles. The van der Waals surface area contributed by atoms with Crippen LogP contribution in [0.3, 0.4) is 0 Å². The summed E-state index contributed by atoms with van der Waals surface area (Å²) in [6, 6.07) is 5.61. The van der Waals surface area contributed by atoms with Gasteiger partial charge in [-0.15, -0.1) is 0 Å². The maximum atomic E-state index is 12.9. The molecule has 0 amide bonds. The van der Waals surface area contributed by atoms with Crippen LogP contribution in [-0.2, 0) is 0 Å². The zero-order valence-electron chi connectivity index (χ0n) is 6.68. The van der Waals surface area contributed by atoms with Gasteiger partial charge in [0.15, 0.2) is 0 Å². The zero-order valence-corrected chi connectivity index (χ0v) is 6.68. The van der Waals surface area contributed by atoms with Gasteiger partial charge in [0.2, 0.25) is 0 Å². The molecule has 1 aromatic carbocycles. The monoisotopic (exact) mass is 163 g/mol. The Bertz CT molecular complexity index is 335. The third kappa shape index (κ3) is 0.707. The Morgan fingerprint density at radius 2 is 2.25 bits per heavy atom. The van der Waals surface area contributed by atoms with Crippen LogP contribution in [-0.4, -0.2) is 6.54 Å². The normalized spacial score (nSPS) is 30.8. The average molecular weight is 163 g/mol. The molecule has 2 atom stereocenters. The predicted molar refractivity (Wildman–Crippen MR) is 44.5 cm³/mol. The first-order chi connectivity index (χ1) is 5.84. The van der Waals surface area contributed by atoms with Crippen molar-refractivity contribution in [3.63, 3.8) is 0 Å². The van der Waals surface area contributed by atoms with Crippen molar-refractivity contribution in [2.45, 2.75) is 18.4 Å². The van der Waals surface area contributed by atoms with E-state index in [1.807, 2.05) is 6.07 Å². The molecule has 62 valence electrons. The first-order valence-electron chi connectivity index (χ1n) is 4.37. The van der Waals surface area contributed by atoms with E-state index >= 15 is 0 Å². The van der Waals surface area contributed by atoms with E-state index in [-0.39, 0.29) is 5.82 Å². The lowest BCUT2D eigenvalue weighted by Gasteiger charge is -2.15. The van der Waals surface area contributed by atoms with E-state index in [1.165, 1.54) is 17.5 Å². The SMILES string of the molecule is Fc1ccc2c(c1)C1CC2CN1. The van der Waals surface area contributed by atoms with Crippen LogP contribution in [0.15, 0.2) is 18.2 Å². The van der Waals surface area contributed by atoms with Gasteiger partial charge >= 0.3 is 0 Å². The van der Waals surface area contributed by atoms with Gasteiger partial charge in [0.25, 0.3) is 0 Å². The average Bonchev–Trinajstić information content (AvgIpc) is 2.63. The fraction of sp³-hybridized carbons (Fsp3) is 0.400. The van der Waals surface area contributed by atoms with Crippen molar-refractivity contribution in [3.05, 3.63) is 35.1 Å². The third-order valence-corrected chi connectivity index (χ3v) is 2.99. The van der Waals surface area contributed by atoms with E-state index in [0.29, 0.717) is 12.0 Å². The number of rotatable bonds is 0. The lowest BCUT2D eigenvalue weighted by molar-refractivity contribution is 0.606. The van der Waals surface area contributed by atoms with Gasteiger partial charge in [-0.2, -0.15) is 0 Å². The molecule has 1 heterocycles. The second-order valence-corrected chi connectivity index (χ2v) is 3.67. The van der Waals surface area contributed by atoms with Gasteiger partial charge in [-0.05, 0) is 35.6 Å². The largest absolute Gasteiger partial charge is 0.309 e. The van der Waals surface area contributed by atoms with Gasteiger partial charge in [-0.3, -0.25) is 0 Å². The van der Waals surface area contributed by atoms with Crippen molar-refractivity contribution < 1.29 is 4.39 Å². The Labute approximate surface area is 70.6 Å². The molecule has 2 bridgehead atoms. The molecule has 1 fully saturated rings. The molecule has 0 radical (unpaired) electrons. The first kappa shape index (κ1) is 6.61. The highest BCUT2D eigenvalue weighted by Crippen LogP contribution is 2.44. The van der Waals surface area contributed by atoms with E-state index in [1.54, 1.807) is 12.1 Å². The molecular weight excluding hydrogens is 153 g/mol. The highest BCUT2D eigenvalue weighted by Gasteiger charge is 2.36. The summed E-state index contributed by atoms with van der Waals surface area (Å²) in [5.74, 6) is 0.536. The van der Waals surface area contributed by atoms with Gasteiger partial charge in [-0.25, -0.2) is 4.39 Å². The Balaban J connectivity index is 2.20. The quantitative estimate of drug-likeness (QED) is 0.616. The molecule has 2 unspecified atom stereocenters. The van der Waals surface area contributed by atoms with Crippen molar-refractivity contribution in [1.29, 1.82) is 0 Å². The van der Waals surface area contributed by atoms with Gasteiger partial charge in [0, 0.05) is 12.6 Å². The molecule has 3 rings (SSSR count). The molecule has 1 nitrogen and oxygen atoms in total. The van der Waals surface area contributed by atoms with Crippen LogP contribution >= 0.6 is 0 Å². The number of fused-ring (bicyclic) bond motifs is 5. The second kappa shape index (κ2) is 2.07. The smallest absolute Gasteiger partial charge is 0.123 e. The minimum Gasteiger partial charge on any atom is -0.309 e. The first-order valence-corrected chi connectivity index (χ1v) is 4.37. The van der Waals surface area contributed by atoms with Gasteiger partial charge in [0.05, 0.1) is 0 Å². The topological polar surface area (TPSA) is 12.0 Å². The second-order valence-electron chi connectivity index (χ2n) is 3.67.